The predicted octanol–water partition coefficient (Wildman–Crippen LogP) is 3.77. The Morgan fingerprint density at radius 3 is 2.78 bits per heavy atom. The van der Waals surface area contributed by atoms with Crippen molar-refractivity contribution in [2.24, 2.45) is 11.7 Å². The van der Waals surface area contributed by atoms with Gasteiger partial charge in [-0.2, -0.15) is 0 Å². The van der Waals surface area contributed by atoms with E-state index in [1.807, 2.05) is 12.1 Å². The lowest BCUT2D eigenvalue weighted by atomic mass is 10.1. The topological polar surface area (TPSA) is 38.0 Å². The van der Waals surface area contributed by atoms with Gasteiger partial charge in [-0.3, -0.25) is 0 Å². The first-order valence-corrected chi connectivity index (χ1v) is 7.35. The van der Waals surface area contributed by atoms with Gasteiger partial charge in [-0.05, 0) is 36.9 Å². The van der Waals surface area contributed by atoms with Crippen molar-refractivity contribution < 1.29 is 0 Å². The van der Waals surface area contributed by atoms with Crippen molar-refractivity contribution in [3.8, 4) is 0 Å². The Balaban J connectivity index is 1.87. The van der Waals surface area contributed by atoms with E-state index in [1.165, 1.54) is 25.7 Å². The van der Waals surface area contributed by atoms with E-state index in [-0.39, 0.29) is 6.04 Å². The van der Waals surface area contributed by atoms with Crippen LogP contribution in [-0.2, 0) is 0 Å². The normalized spacial score (nSPS) is 16.8. The number of rotatable bonds is 7. The fraction of sp³-hybridized carbons (Fsp3) is 0.571. The molecule has 1 fully saturated rings. The van der Waals surface area contributed by atoms with Crippen LogP contribution in [0.1, 0.15) is 37.3 Å². The maximum atomic E-state index is 6.21. The zero-order valence-electron chi connectivity index (χ0n) is 10.5. The second-order valence-corrected chi connectivity index (χ2v) is 5.76. The summed E-state index contributed by atoms with van der Waals surface area (Å²) in [5.74, 6) is 0.984. The van der Waals surface area contributed by atoms with Crippen LogP contribution in [0.5, 0.6) is 0 Å². The van der Waals surface area contributed by atoms with E-state index in [0.717, 1.165) is 18.0 Å². The van der Waals surface area contributed by atoms with Gasteiger partial charge in [-0.15, -0.1) is 0 Å². The molecule has 1 aromatic carbocycles. The van der Waals surface area contributed by atoms with Crippen LogP contribution < -0.4 is 11.1 Å². The second-order valence-electron chi connectivity index (χ2n) is 4.97. The van der Waals surface area contributed by atoms with Crippen LogP contribution in [0.25, 0.3) is 0 Å². The summed E-state index contributed by atoms with van der Waals surface area (Å²) >= 11 is 12.2. The zero-order chi connectivity index (χ0) is 13.0. The van der Waals surface area contributed by atoms with Gasteiger partial charge >= 0.3 is 0 Å². The summed E-state index contributed by atoms with van der Waals surface area (Å²) in [6.45, 7) is 1.52. The molecule has 1 aliphatic carbocycles. The number of halogens is 2. The molecule has 1 atom stereocenters. The van der Waals surface area contributed by atoms with Crippen molar-refractivity contribution in [2.45, 2.75) is 31.7 Å². The lowest BCUT2D eigenvalue weighted by molar-refractivity contribution is 0.512. The van der Waals surface area contributed by atoms with Gasteiger partial charge in [-0.25, -0.2) is 0 Å². The fourth-order valence-corrected chi connectivity index (χ4v) is 2.62. The summed E-state index contributed by atoms with van der Waals surface area (Å²) in [5, 5.41) is 4.67. The van der Waals surface area contributed by atoms with Crippen molar-refractivity contribution in [1.29, 1.82) is 0 Å². The molecule has 2 nitrogen and oxygen atoms in total. The minimum atomic E-state index is 0.0930. The summed E-state index contributed by atoms with van der Waals surface area (Å²) in [7, 11) is 0. The van der Waals surface area contributed by atoms with Crippen LogP contribution >= 0.6 is 23.2 Å². The molecule has 0 aromatic heterocycles. The average Bonchev–Trinajstić information content (AvgIpc) is 3.18. The van der Waals surface area contributed by atoms with Gasteiger partial charge in [0.25, 0.3) is 0 Å². The third-order valence-electron chi connectivity index (χ3n) is 3.47. The van der Waals surface area contributed by atoms with Gasteiger partial charge in [0, 0.05) is 12.6 Å². The summed E-state index contributed by atoms with van der Waals surface area (Å²) < 4.78 is 0. The summed E-state index contributed by atoms with van der Waals surface area (Å²) in [6, 6.07) is 5.79. The third-order valence-corrected chi connectivity index (χ3v) is 4.30. The van der Waals surface area contributed by atoms with Crippen molar-refractivity contribution in [3.63, 3.8) is 0 Å². The van der Waals surface area contributed by atoms with Crippen LogP contribution in [-0.4, -0.2) is 13.1 Å². The SMILES string of the molecule is NCC(NCCCC1CC1)c1cccc(Cl)c1Cl. The lowest BCUT2D eigenvalue weighted by Gasteiger charge is -2.19. The molecule has 1 aromatic rings. The van der Waals surface area contributed by atoms with Crippen molar-refractivity contribution >= 4 is 23.2 Å². The Morgan fingerprint density at radius 2 is 2.11 bits per heavy atom. The number of nitrogens with two attached hydrogens (primary N) is 1. The Kier molecular flexibility index (Phi) is 5.31. The predicted molar refractivity (Wildman–Crippen MR) is 78.2 cm³/mol. The minimum absolute atomic E-state index is 0.0930. The summed E-state index contributed by atoms with van der Waals surface area (Å²) in [6.07, 6.45) is 5.37. The first kappa shape index (κ1) is 14.1. The third kappa shape index (κ3) is 3.86. The van der Waals surface area contributed by atoms with E-state index in [0.29, 0.717) is 16.6 Å². The first-order chi connectivity index (χ1) is 8.72. The fourth-order valence-electron chi connectivity index (χ4n) is 2.18. The molecular formula is C14H20Cl2N2. The number of hydrogen-bond donors (Lipinski definition) is 2. The van der Waals surface area contributed by atoms with E-state index in [9.17, 15) is 0 Å². The molecule has 0 amide bonds. The first-order valence-electron chi connectivity index (χ1n) is 6.59. The Bertz CT molecular complexity index is 391. The highest BCUT2D eigenvalue weighted by molar-refractivity contribution is 6.42. The van der Waals surface area contributed by atoms with Crippen LogP contribution in [0.15, 0.2) is 18.2 Å². The molecule has 0 aliphatic heterocycles. The molecular weight excluding hydrogens is 267 g/mol. The molecule has 4 heteroatoms. The average molecular weight is 287 g/mol. The second kappa shape index (κ2) is 6.76. The maximum absolute atomic E-state index is 6.21. The van der Waals surface area contributed by atoms with Gasteiger partial charge in [-0.1, -0.05) is 48.2 Å². The van der Waals surface area contributed by atoms with Crippen molar-refractivity contribution in [3.05, 3.63) is 33.8 Å². The van der Waals surface area contributed by atoms with Crippen LogP contribution in [0.4, 0.5) is 0 Å². The quantitative estimate of drug-likeness (QED) is 0.749. The molecule has 1 unspecified atom stereocenters. The van der Waals surface area contributed by atoms with Gasteiger partial charge in [0.1, 0.15) is 0 Å². The molecule has 3 N–H and O–H groups in total. The summed E-state index contributed by atoms with van der Waals surface area (Å²) in [4.78, 5) is 0. The van der Waals surface area contributed by atoms with Gasteiger partial charge in [0.2, 0.25) is 0 Å². The smallest absolute Gasteiger partial charge is 0.0640 e. The largest absolute Gasteiger partial charge is 0.329 e. The van der Waals surface area contributed by atoms with E-state index in [2.05, 4.69) is 5.32 Å². The highest BCUT2D eigenvalue weighted by Crippen LogP contribution is 2.33. The van der Waals surface area contributed by atoms with Crippen molar-refractivity contribution in [2.75, 3.05) is 13.1 Å². The molecule has 1 saturated carbocycles. The Morgan fingerprint density at radius 1 is 1.33 bits per heavy atom. The molecule has 0 radical (unpaired) electrons. The molecule has 0 bridgehead atoms. The summed E-state index contributed by atoms with van der Waals surface area (Å²) in [5.41, 5.74) is 6.81. The van der Waals surface area contributed by atoms with E-state index in [1.54, 1.807) is 6.07 Å². The lowest BCUT2D eigenvalue weighted by Crippen LogP contribution is -2.29. The van der Waals surface area contributed by atoms with Gasteiger partial charge in [0.05, 0.1) is 10.0 Å². The minimum Gasteiger partial charge on any atom is -0.329 e. The van der Waals surface area contributed by atoms with E-state index in [4.69, 9.17) is 28.9 Å². The van der Waals surface area contributed by atoms with E-state index < -0.39 is 0 Å². The highest BCUT2D eigenvalue weighted by atomic mass is 35.5. The molecule has 0 heterocycles. The van der Waals surface area contributed by atoms with Crippen molar-refractivity contribution in [1.82, 2.24) is 5.32 Å². The van der Waals surface area contributed by atoms with Gasteiger partial charge in [0.15, 0.2) is 0 Å². The van der Waals surface area contributed by atoms with E-state index >= 15 is 0 Å². The maximum Gasteiger partial charge on any atom is 0.0640 e. The molecule has 2 rings (SSSR count). The monoisotopic (exact) mass is 286 g/mol. The Hall–Kier alpha value is -0.280. The Labute approximate surface area is 119 Å². The van der Waals surface area contributed by atoms with Crippen LogP contribution in [0, 0.1) is 5.92 Å². The van der Waals surface area contributed by atoms with Crippen LogP contribution in [0.3, 0.4) is 0 Å². The molecule has 1 aliphatic rings. The molecule has 0 saturated heterocycles. The molecule has 100 valence electrons. The number of hydrogen-bond acceptors (Lipinski definition) is 2. The van der Waals surface area contributed by atoms with Gasteiger partial charge < -0.3 is 11.1 Å². The number of benzene rings is 1. The molecule has 18 heavy (non-hydrogen) atoms. The van der Waals surface area contributed by atoms with Crippen LogP contribution in [0.2, 0.25) is 10.0 Å². The molecule has 0 spiro atoms. The highest BCUT2D eigenvalue weighted by Gasteiger charge is 2.20. The number of nitrogens with one attached hydrogen (secondary N) is 1. The standard InChI is InChI=1S/C14H20Cl2N2/c15-12-5-1-4-11(14(12)16)13(9-17)18-8-2-3-10-6-7-10/h1,4-5,10,13,18H,2-3,6-9,17H2. The zero-order valence-corrected chi connectivity index (χ0v) is 12.0.